The summed E-state index contributed by atoms with van der Waals surface area (Å²) < 4.78 is 6.68. The van der Waals surface area contributed by atoms with E-state index in [1.54, 1.807) is 11.3 Å². The van der Waals surface area contributed by atoms with Crippen LogP contribution in [-0.2, 0) is 0 Å². The van der Waals surface area contributed by atoms with E-state index in [2.05, 4.69) is 46.4 Å². The van der Waals surface area contributed by atoms with Gasteiger partial charge in [-0.3, -0.25) is 0 Å². The zero-order valence-electron chi connectivity index (χ0n) is 11.4. The molecule has 0 aliphatic carbocycles. The van der Waals surface area contributed by atoms with Gasteiger partial charge in [0, 0.05) is 4.88 Å². The van der Waals surface area contributed by atoms with Crippen LogP contribution in [0.4, 0.5) is 0 Å². The molecule has 2 nitrogen and oxygen atoms in total. The summed E-state index contributed by atoms with van der Waals surface area (Å²) in [6, 6.07) is 10.7. The van der Waals surface area contributed by atoms with Crippen molar-refractivity contribution < 1.29 is 4.74 Å². The van der Waals surface area contributed by atoms with Crippen molar-refractivity contribution in [3.05, 3.63) is 50.1 Å². The molecule has 1 aromatic heterocycles. The average Bonchev–Trinajstić information content (AvgIpc) is 2.73. The maximum absolute atomic E-state index is 5.48. The molecule has 0 saturated heterocycles. The number of rotatable bonds is 5. The second kappa shape index (κ2) is 6.55. The van der Waals surface area contributed by atoms with Crippen LogP contribution in [0, 0.1) is 6.92 Å². The number of thiophene rings is 1. The molecule has 0 saturated carbocycles. The highest BCUT2D eigenvalue weighted by atomic mass is 79.9. The molecule has 0 aliphatic rings. The van der Waals surface area contributed by atoms with E-state index in [1.165, 1.54) is 19.8 Å². The summed E-state index contributed by atoms with van der Waals surface area (Å²) in [7, 11) is 1.99. The Bertz CT molecular complexity index is 516. The maximum Gasteiger partial charge on any atom is 0.119 e. The Morgan fingerprint density at radius 3 is 2.47 bits per heavy atom. The Morgan fingerprint density at radius 2 is 2.00 bits per heavy atom. The van der Waals surface area contributed by atoms with Gasteiger partial charge in [-0.15, -0.1) is 11.3 Å². The fourth-order valence-corrected chi connectivity index (χ4v) is 3.73. The third-order valence-corrected chi connectivity index (χ3v) is 5.18. The van der Waals surface area contributed by atoms with Gasteiger partial charge in [-0.05, 0) is 66.2 Å². The van der Waals surface area contributed by atoms with Crippen LogP contribution in [0.25, 0.3) is 0 Å². The van der Waals surface area contributed by atoms with Crippen molar-refractivity contribution >= 4 is 27.3 Å². The van der Waals surface area contributed by atoms with Crippen molar-refractivity contribution in [2.75, 3.05) is 13.7 Å². The fourth-order valence-electron chi connectivity index (χ4n) is 2.02. The van der Waals surface area contributed by atoms with Crippen molar-refractivity contribution in [2.24, 2.45) is 0 Å². The van der Waals surface area contributed by atoms with Crippen molar-refractivity contribution in [3.8, 4) is 5.75 Å². The third kappa shape index (κ3) is 3.38. The van der Waals surface area contributed by atoms with Gasteiger partial charge in [-0.1, -0.05) is 12.1 Å². The molecule has 0 spiro atoms. The fraction of sp³-hybridized carbons (Fsp3) is 0.333. The topological polar surface area (TPSA) is 21.3 Å². The van der Waals surface area contributed by atoms with E-state index in [1.807, 2.05) is 26.1 Å². The SMILES string of the molecule is CCOc1ccc(C(NC)c2cc(C)c(Br)s2)cc1. The number of nitrogens with one attached hydrogen (secondary N) is 1. The van der Waals surface area contributed by atoms with Crippen LogP contribution in [0.5, 0.6) is 5.75 Å². The smallest absolute Gasteiger partial charge is 0.119 e. The Labute approximate surface area is 126 Å². The van der Waals surface area contributed by atoms with Gasteiger partial charge in [0.25, 0.3) is 0 Å². The lowest BCUT2D eigenvalue weighted by Crippen LogP contribution is -2.16. The number of aryl methyl sites for hydroxylation is 1. The van der Waals surface area contributed by atoms with Crippen molar-refractivity contribution in [1.82, 2.24) is 5.32 Å². The summed E-state index contributed by atoms with van der Waals surface area (Å²) in [4.78, 5) is 1.32. The predicted octanol–water partition coefficient (Wildman–Crippen LogP) is 4.53. The molecule has 19 heavy (non-hydrogen) atoms. The zero-order chi connectivity index (χ0) is 13.8. The van der Waals surface area contributed by atoms with Crippen LogP contribution < -0.4 is 10.1 Å². The van der Waals surface area contributed by atoms with Gasteiger partial charge in [0.1, 0.15) is 5.75 Å². The lowest BCUT2D eigenvalue weighted by Gasteiger charge is -2.15. The molecular weight excluding hydrogens is 322 g/mol. The summed E-state index contributed by atoms with van der Waals surface area (Å²) in [6.45, 7) is 4.82. The van der Waals surface area contributed by atoms with Crippen molar-refractivity contribution in [2.45, 2.75) is 19.9 Å². The number of hydrogen-bond donors (Lipinski definition) is 1. The summed E-state index contributed by atoms with van der Waals surface area (Å²) in [6.07, 6.45) is 0. The standard InChI is InChI=1S/C15H18BrNOS/c1-4-18-12-7-5-11(6-8-12)14(17-3)13-9-10(2)15(16)19-13/h5-9,14,17H,4H2,1-3H3. The van der Waals surface area contributed by atoms with Crippen molar-refractivity contribution in [3.63, 3.8) is 0 Å². The minimum absolute atomic E-state index is 0.227. The quantitative estimate of drug-likeness (QED) is 0.864. The average molecular weight is 340 g/mol. The van der Waals surface area contributed by atoms with E-state index in [0.29, 0.717) is 6.61 Å². The molecule has 1 unspecified atom stereocenters. The molecule has 2 aromatic rings. The summed E-state index contributed by atoms with van der Waals surface area (Å²) in [5.74, 6) is 0.921. The Hall–Kier alpha value is -0.840. The Kier molecular flexibility index (Phi) is 5.02. The monoisotopic (exact) mass is 339 g/mol. The second-order valence-electron chi connectivity index (χ2n) is 4.33. The van der Waals surface area contributed by atoms with Crippen LogP contribution in [0.1, 0.15) is 29.0 Å². The van der Waals surface area contributed by atoms with Gasteiger partial charge in [0.2, 0.25) is 0 Å². The second-order valence-corrected chi connectivity index (χ2v) is 6.73. The zero-order valence-corrected chi connectivity index (χ0v) is 13.8. The largest absolute Gasteiger partial charge is 0.494 e. The van der Waals surface area contributed by atoms with Gasteiger partial charge in [-0.2, -0.15) is 0 Å². The van der Waals surface area contributed by atoms with Gasteiger partial charge < -0.3 is 10.1 Å². The van der Waals surface area contributed by atoms with E-state index in [4.69, 9.17) is 4.74 Å². The molecule has 2 rings (SSSR count). The van der Waals surface area contributed by atoms with E-state index in [0.717, 1.165) is 5.75 Å². The molecule has 0 aliphatic heterocycles. The van der Waals surface area contributed by atoms with Crippen LogP contribution in [0.15, 0.2) is 34.1 Å². The first kappa shape index (κ1) is 14.6. The molecule has 0 bridgehead atoms. The number of halogens is 1. The first-order valence-corrected chi connectivity index (χ1v) is 7.92. The van der Waals surface area contributed by atoms with Gasteiger partial charge in [0.05, 0.1) is 16.4 Å². The minimum atomic E-state index is 0.227. The first-order valence-electron chi connectivity index (χ1n) is 6.31. The lowest BCUT2D eigenvalue weighted by molar-refractivity contribution is 0.340. The highest BCUT2D eigenvalue weighted by molar-refractivity contribution is 9.11. The van der Waals surface area contributed by atoms with Crippen LogP contribution in [0.2, 0.25) is 0 Å². The molecule has 1 aromatic carbocycles. The third-order valence-electron chi connectivity index (χ3n) is 2.97. The number of benzene rings is 1. The maximum atomic E-state index is 5.48. The van der Waals surface area contributed by atoms with Gasteiger partial charge >= 0.3 is 0 Å². The van der Waals surface area contributed by atoms with Gasteiger partial charge in [0.15, 0.2) is 0 Å². The summed E-state index contributed by atoms with van der Waals surface area (Å²) in [5.41, 5.74) is 2.53. The lowest BCUT2D eigenvalue weighted by atomic mass is 10.1. The Balaban J connectivity index is 2.26. The summed E-state index contributed by atoms with van der Waals surface area (Å²) >= 11 is 5.37. The molecule has 1 atom stereocenters. The van der Waals surface area contributed by atoms with E-state index in [-0.39, 0.29) is 6.04 Å². The molecule has 102 valence electrons. The van der Waals surface area contributed by atoms with Crippen LogP contribution >= 0.6 is 27.3 Å². The Morgan fingerprint density at radius 1 is 1.32 bits per heavy atom. The first-order chi connectivity index (χ1) is 9.15. The van der Waals surface area contributed by atoms with E-state index in [9.17, 15) is 0 Å². The highest BCUT2D eigenvalue weighted by Crippen LogP contribution is 2.34. The molecular formula is C15H18BrNOS. The van der Waals surface area contributed by atoms with Gasteiger partial charge in [-0.25, -0.2) is 0 Å². The van der Waals surface area contributed by atoms with E-state index >= 15 is 0 Å². The van der Waals surface area contributed by atoms with E-state index < -0.39 is 0 Å². The van der Waals surface area contributed by atoms with Crippen LogP contribution in [0.3, 0.4) is 0 Å². The molecule has 0 fully saturated rings. The number of ether oxygens (including phenoxy) is 1. The minimum Gasteiger partial charge on any atom is -0.494 e. The molecule has 1 heterocycles. The highest BCUT2D eigenvalue weighted by Gasteiger charge is 2.15. The predicted molar refractivity (Wildman–Crippen MR) is 85.3 cm³/mol. The molecule has 1 N–H and O–H groups in total. The summed E-state index contributed by atoms with van der Waals surface area (Å²) in [5, 5.41) is 3.38. The van der Waals surface area contributed by atoms with Crippen LogP contribution in [-0.4, -0.2) is 13.7 Å². The number of hydrogen-bond acceptors (Lipinski definition) is 3. The molecule has 0 amide bonds. The van der Waals surface area contributed by atoms with Crippen molar-refractivity contribution in [1.29, 1.82) is 0 Å². The molecule has 4 heteroatoms. The molecule has 0 radical (unpaired) electrons. The normalized spacial score (nSPS) is 12.4.